The lowest BCUT2D eigenvalue weighted by molar-refractivity contribution is -0.143. The van der Waals surface area contributed by atoms with E-state index in [2.05, 4.69) is 27.7 Å². The molecule has 3 aromatic rings. The lowest BCUT2D eigenvalue weighted by Gasteiger charge is -2.33. The monoisotopic (exact) mass is 456 g/mol. The van der Waals surface area contributed by atoms with Crippen LogP contribution in [0.15, 0.2) is 39.4 Å². The Labute approximate surface area is 193 Å². The second kappa shape index (κ2) is 10.5. The molecule has 1 N–H and O–H groups in total. The summed E-state index contributed by atoms with van der Waals surface area (Å²) in [6, 6.07) is 6.43. The maximum Gasteiger partial charge on any atom is 0.247 e. The first kappa shape index (κ1) is 24.2. The lowest BCUT2D eigenvalue weighted by atomic mass is 10.0. The minimum absolute atomic E-state index is 0.163. The van der Waals surface area contributed by atoms with E-state index in [4.69, 9.17) is 8.83 Å². The number of hydrogen-bond donors (Lipinski definition) is 1. The molecule has 0 aliphatic rings. The molecule has 3 rings (SSSR count). The number of hydrogen-bond acceptors (Lipinski definition) is 7. The molecule has 0 fully saturated rings. The molecule has 3 aromatic heterocycles. The highest BCUT2D eigenvalue weighted by molar-refractivity contribution is 5.88. The van der Waals surface area contributed by atoms with Gasteiger partial charge in [0.15, 0.2) is 5.76 Å². The summed E-state index contributed by atoms with van der Waals surface area (Å²) in [6.07, 6.45) is 3.78. The van der Waals surface area contributed by atoms with Gasteiger partial charge in [-0.05, 0) is 63.6 Å². The van der Waals surface area contributed by atoms with Crippen molar-refractivity contribution in [2.75, 3.05) is 0 Å². The van der Waals surface area contributed by atoms with Crippen LogP contribution in [0.3, 0.4) is 0 Å². The van der Waals surface area contributed by atoms with Crippen molar-refractivity contribution in [1.82, 2.24) is 30.4 Å². The van der Waals surface area contributed by atoms with Crippen LogP contribution in [0.1, 0.15) is 58.5 Å². The lowest BCUT2D eigenvalue weighted by Crippen LogP contribution is -2.54. The highest BCUT2D eigenvalue weighted by Gasteiger charge is 2.32. The van der Waals surface area contributed by atoms with Crippen LogP contribution in [0.5, 0.6) is 0 Å². The van der Waals surface area contributed by atoms with Crippen LogP contribution < -0.4 is 5.32 Å². The molecule has 0 aliphatic carbocycles. The van der Waals surface area contributed by atoms with Gasteiger partial charge in [0.1, 0.15) is 24.1 Å². The Morgan fingerprint density at radius 1 is 1.24 bits per heavy atom. The van der Waals surface area contributed by atoms with Gasteiger partial charge in [0.25, 0.3) is 0 Å². The Morgan fingerprint density at radius 2 is 2.03 bits per heavy atom. The molecule has 0 radical (unpaired) electrons. The van der Waals surface area contributed by atoms with Gasteiger partial charge >= 0.3 is 0 Å². The van der Waals surface area contributed by atoms with E-state index in [0.717, 1.165) is 18.6 Å². The normalized spacial score (nSPS) is 12.5. The standard InChI is InChI=1S/C23H32N6O4/c1-6-7-10-18(22(31)24-23(3,4)5)28(14-17-9-8-13-32-17)20(30)15-29-26-21(25-27-29)19-12-11-16(2)33-19/h8-9,11-13,18H,6-7,10,14-15H2,1-5H3,(H,24,31)/t18-/m1/s1. The topological polar surface area (TPSA) is 119 Å². The second-order valence-electron chi connectivity index (χ2n) is 9.05. The maximum absolute atomic E-state index is 13.4. The zero-order valence-electron chi connectivity index (χ0n) is 19.9. The van der Waals surface area contributed by atoms with Crippen molar-refractivity contribution < 1.29 is 18.4 Å². The highest BCUT2D eigenvalue weighted by atomic mass is 16.3. The number of unbranched alkanes of at least 4 members (excludes halogenated alkanes) is 1. The number of nitrogens with zero attached hydrogens (tertiary/aromatic N) is 5. The van der Waals surface area contributed by atoms with Gasteiger partial charge in [-0.1, -0.05) is 19.8 Å². The minimum Gasteiger partial charge on any atom is -0.467 e. The van der Waals surface area contributed by atoms with Gasteiger partial charge in [-0.25, -0.2) is 0 Å². The molecule has 2 amide bonds. The summed E-state index contributed by atoms with van der Waals surface area (Å²) >= 11 is 0. The predicted octanol–water partition coefficient (Wildman–Crippen LogP) is 3.34. The molecule has 0 unspecified atom stereocenters. The van der Waals surface area contributed by atoms with Crippen LogP contribution in [-0.2, 0) is 22.7 Å². The molecule has 3 heterocycles. The fraction of sp³-hybridized carbons (Fsp3) is 0.522. The van der Waals surface area contributed by atoms with E-state index in [9.17, 15) is 9.59 Å². The molecule has 0 spiro atoms. The van der Waals surface area contributed by atoms with E-state index in [-0.39, 0.29) is 24.9 Å². The molecule has 0 aliphatic heterocycles. The minimum atomic E-state index is -0.655. The number of carbonyl (C=O) groups is 2. The highest BCUT2D eigenvalue weighted by Crippen LogP contribution is 2.18. The molecule has 0 saturated heterocycles. The first-order chi connectivity index (χ1) is 15.7. The van der Waals surface area contributed by atoms with E-state index >= 15 is 0 Å². The molecule has 0 bridgehead atoms. The zero-order valence-corrected chi connectivity index (χ0v) is 19.9. The maximum atomic E-state index is 13.4. The van der Waals surface area contributed by atoms with Crippen molar-refractivity contribution in [2.45, 2.75) is 78.6 Å². The van der Waals surface area contributed by atoms with Crippen LogP contribution in [0.2, 0.25) is 0 Å². The largest absolute Gasteiger partial charge is 0.467 e. The van der Waals surface area contributed by atoms with Gasteiger partial charge in [0, 0.05) is 5.54 Å². The summed E-state index contributed by atoms with van der Waals surface area (Å²) in [7, 11) is 0. The van der Waals surface area contributed by atoms with Crippen molar-refractivity contribution in [1.29, 1.82) is 0 Å². The average Bonchev–Trinajstić information content (AvgIpc) is 3.48. The fourth-order valence-electron chi connectivity index (χ4n) is 3.40. The SMILES string of the molecule is CCCC[C@H](C(=O)NC(C)(C)C)N(Cc1ccco1)C(=O)Cn1nnc(-c2ccc(C)o2)n1. The summed E-state index contributed by atoms with van der Waals surface area (Å²) in [6.45, 7) is 9.61. The van der Waals surface area contributed by atoms with E-state index in [1.54, 1.807) is 30.5 Å². The Hall–Kier alpha value is -3.43. The third-order valence-electron chi connectivity index (χ3n) is 4.93. The third-order valence-corrected chi connectivity index (χ3v) is 4.93. The molecule has 10 heteroatoms. The van der Waals surface area contributed by atoms with E-state index in [1.165, 1.54) is 9.70 Å². The summed E-state index contributed by atoms with van der Waals surface area (Å²) < 4.78 is 11.0. The summed E-state index contributed by atoms with van der Waals surface area (Å²) in [5.41, 5.74) is -0.426. The Bertz CT molecular complexity index is 1050. The predicted molar refractivity (Wildman–Crippen MR) is 121 cm³/mol. The molecule has 0 saturated carbocycles. The molecule has 10 nitrogen and oxygen atoms in total. The number of aryl methyl sites for hydroxylation is 1. The van der Waals surface area contributed by atoms with Gasteiger partial charge < -0.3 is 19.1 Å². The van der Waals surface area contributed by atoms with E-state index < -0.39 is 11.6 Å². The molecule has 33 heavy (non-hydrogen) atoms. The summed E-state index contributed by atoms with van der Waals surface area (Å²) in [5.74, 6) is 1.58. The molecule has 1 atom stereocenters. The van der Waals surface area contributed by atoms with Gasteiger partial charge in [-0.15, -0.1) is 10.2 Å². The molecular weight excluding hydrogens is 424 g/mol. The van der Waals surface area contributed by atoms with Crippen molar-refractivity contribution in [3.8, 4) is 11.6 Å². The number of carbonyl (C=O) groups excluding carboxylic acids is 2. The Morgan fingerprint density at radius 3 is 2.64 bits per heavy atom. The van der Waals surface area contributed by atoms with Gasteiger partial charge in [-0.3, -0.25) is 9.59 Å². The van der Waals surface area contributed by atoms with Gasteiger partial charge in [0.05, 0.1) is 12.8 Å². The van der Waals surface area contributed by atoms with Crippen LogP contribution in [-0.4, -0.2) is 48.5 Å². The molecule has 178 valence electrons. The van der Waals surface area contributed by atoms with E-state index in [1.807, 2.05) is 27.7 Å². The number of furan rings is 2. The number of tetrazole rings is 1. The van der Waals surface area contributed by atoms with Crippen LogP contribution in [0.4, 0.5) is 0 Å². The quantitative estimate of drug-likeness (QED) is 0.497. The van der Waals surface area contributed by atoms with Gasteiger partial charge in [0.2, 0.25) is 17.6 Å². The van der Waals surface area contributed by atoms with Crippen LogP contribution >= 0.6 is 0 Å². The fourth-order valence-corrected chi connectivity index (χ4v) is 3.40. The first-order valence-electron chi connectivity index (χ1n) is 11.1. The van der Waals surface area contributed by atoms with Crippen molar-refractivity contribution >= 4 is 11.8 Å². The third kappa shape index (κ3) is 6.77. The number of rotatable bonds is 10. The first-order valence-corrected chi connectivity index (χ1v) is 11.1. The Balaban J connectivity index is 1.83. The van der Waals surface area contributed by atoms with Crippen molar-refractivity contribution in [3.63, 3.8) is 0 Å². The summed E-state index contributed by atoms with van der Waals surface area (Å²) in [5, 5.41) is 15.3. The average molecular weight is 457 g/mol. The second-order valence-corrected chi connectivity index (χ2v) is 9.05. The van der Waals surface area contributed by atoms with Crippen molar-refractivity contribution in [3.05, 3.63) is 42.0 Å². The molecule has 0 aromatic carbocycles. The zero-order chi connectivity index (χ0) is 24.0. The van der Waals surface area contributed by atoms with Gasteiger partial charge in [-0.2, -0.15) is 4.80 Å². The van der Waals surface area contributed by atoms with E-state index in [0.29, 0.717) is 23.8 Å². The summed E-state index contributed by atoms with van der Waals surface area (Å²) in [4.78, 5) is 29.3. The smallest absolute Gasteiger partial charge is 0.247 e. The van der Waals surface area contributed by atoms with Crippen LogP contribution in [0.25, 0.3) is 11.6 Å². The van der Waals surface area contributed by atoms with Crippen LogP contribution in [0, 0.1) is 6.92 Å². The number of aromatic nitrogens is 4. The number of amides is 2. The Kier molecular flexibility index (Phi) is 7.67. The molecular formula is C23H32N6O4. The number of nitrogens with one attached hydrogen (secondary N) is 1. The van der Waals surface area contributed by atoms with Crippen molar-refractivity contribution in [2.24, 2.45) is 0 Å².